The zero-order valence-electron chi connectivity index (χ0n) is 10.9. The van der Waals surface area contributed by atoms with Crippen molar-refractivity contribution in [2.45, 2.75) is 25.7 Å². The average molecular weight is 262 g/mol. The normalized spacial score (nSPS) is 18.8. The van der Waals surface area contributed by atoms with Crippen LogP contribution < -0.4 is 4.90 Å². The van der Waals surface area contributed by atoms with Gasteiger partial charge in [-0.25, -0.2) is 8.78 Å². The highest BCUT2D eigenvalue weighted by Crippen LogP contribution is 2.31. The van der Waals surface area contributed by atoms with Gasteiger partial charge in [-0.2, -0.15) is 0 Å². The van der Waals surface area contributed by atoms with Gasteiger partial charge in [0.1, 0.15) is 0 Å². The maximum Gasteiger partial charge on any atom is 0.251 e. The van der Waals surface area contributed by atoms with E-state index in [9.17, 15) is 8.78 Å². The van der Waals surface area contributed by atoms with E-state index in [0.29, 0.717) is 13.1 Å². The van der Waals surface area contributed by atoms with Crippen LogP contribution in [0, 0.1) is 6.92 Å². The van der Waals surface area contributed by atoms with E-state index in [1.807, 2.05) is 30.0 Å². The third kappa shape index (κ3) is 2.53. The van der Waals surface area contributed by atoms with Crippen molar-refractivity contribution in [2.75, 3.05) is 18.0 Å². The molecule has 1 saturated heterocycles. The molecule has 2 aromatic rings. The predicted octanol–water partition coefficient (Wildman–Crippen LogP) is 3.78. The molecule has 1 aliphatic heterocycles. The highest BCUT2D eigenvalue weighted by molar-refractivity contribution is 5.82. The van der Waals surface area contributed by atoms with E-state index < -0.39 is 5.92 Å². The zero-order chi connectivity index (χ0) is 13.5. The second-order valence-corrected chi connectivity index (χ2v) is 5.23. The molecule has 0 spiro atoms. The summed E-state index contributed by atoms with van der Waals surface area (Å²) in [6.07, 6.45) is 1.64. The van der Waals surface area contributed by atoms with Gasteiger partial charge in [0, 0.05) is 31.3 Å². The first-order valence-electron chi connectivity index (χ1n) is 6.53. The lowest BCUT2D eigenvalue weighted by Gasteiger charge is -2.33. The van der Waals surface area contributed by atoms with Crippen molar-refractivity contribution < 1.29 is 8.78 Å². The second-order valence-electron chi connectivity index (χ2n) is 5.23. The minimum Gasteiger partial charge on any atom is -0.370 e. The molecule has 0 N–H and O–H groups in total. The molecule has 2 heterocycles. The van der Waals surface area contributed by atoms with Crippen molar-refractivity contribution in [1.82, 2.24) is 4.98 Å². The fourth-order valence-electron chi connectivity index (χ4n) is 2.50. The first-order chi connectivity index (χ1) is 9.03. The van der Waals surface area contributed by atoms with Crippen molar-refractivity contribution in [3.8, 4) is 0 Å². The van der Waals surface area contributed by atoms with Gasteiger partial charge in [-0.15, -0.1) is 0 Å². The van der Waals surface area contributed by atoms with E-state index in [1.165, 1.54) is 5.56 Å². The van der Waals surface area contributed by atoms with E-state index in [1.54, 1.807) is 6.20 Å². The molecule has 3 rings (SSSR count). The van der Waals surface area contributed by atoms with Gasteiger partial charge in [0.15, 0.2) is 0 Å². The third-order valence-electron chi connectivity index (χ3n) is 3.68. The van der Waals surface area contributed by atoms with Crippen LogP contribution in [0.3, 0.4) is 0 Å². The number of alkyl halides is 2. The van der Waals surface area contributed by atoms with Gasteiger partial charge in [0.05, 0.1) is 17.4 Å². The fraction of sp³-hybridized carbons (Fsp3) is 0.400. The minimum atomic E-state index is -2.50. The number of hydrogen-bond donors (Lipinski definition) is 0. The lowest BCUT2D eigenvalue weighted by Crippen LogP contribution is -2.39. The Morgan fingerprint density at radius 3 is 2.63 bits per heavy atom. The summed E-state index contributed by atoms with van der Waals surface area (Å²) >= 11 is 0. The fourth-order valence-corrected chi connectivity index (χ4v) is 2.50. The average Bonchev–Trinajstić information content (AvgIpc) is 2.38. The summed E-state index contributed by atoms with van der Waals surface area (Å²) in [5.74, 6) is -2.50. The second kappa shape index (κ2) is 4.44. The molecule has 1 fully saturated rings. The summed E-state index contributed by atoms with van der Waals surface area (Å²) < 4.78 is 26.3. The lowest BCUT2D eigenvalue weighted by molar-refractivity contribution is -0.0220. The Balaban J connectivity index is 1.89. The number of halogens is 2. The van der Waals surface area contributed by atoms with Crippen LogP contribution in [0.15, 0.2) is 30.5 Å². The van der Waals surface area contributed by atoms with Crippen LogP contribution >= 0.6 is 0 Å². The Morgan fingerprint density at radius 2 is 1.89 bits per heavy atom. The van der Waals surface area contributed by atoms with Gasteiger partial charge in [-0.3, -0.25) is 4.98 Å². The van der Waals surface area contributed by atoms with Crippen molar-refractivity contribution >= 4 is 16.6 Å². The number of pyridine rings is 1. The van der Waals surface area contributed by atoms with Gasteiger partial charge >= 0.3 is 0 Å². The summed E-state index contributed by atoms with van der Waals surface area (Å²) in [5.41, 5.74) is 3.06. The van der Waals surface area contributed by atoms with E-state index >= 15 is 0 Å². The zero-order valence-corrected chi connectivity index (χ0v) is 10.9. The van der Waals surface area contributed by atoms with E-state index in [0.717, 1.165) is 16.6 Å². The van der Waals surface area contributed by atoms with Crippen LogP contribution in [0.1, 0.15) is 18.4 Å². The molecule has 1 aromatic carbocycles. The van der Waals surface area contributed by atoms with Gasteiger partial charge in [0.25, 0.3) is 5.92 Å². The van der Waals surface area contributed by atoms with Crippen molar-refractivity contribution in [3.05, 3.63) is 36.0 Å². The molecule has 0 saturated carbocycles. The quantitative estimate of drug-likeness (QED) is 0.777. The first kappa shape index (κ1) is 12.3. The number of fused-ring (bicyclic) bond motifs is 1. The Bertz CT molecular complexity index is 600. The SMILES string of the molecule is Cc1ccc2ncc(N3CCC(F)(F)CC3)cc2c1. The van der Waals surface area contributed by atoms with Gasteiger partial charge in [-0.1, -0.05) is 11.6 Å². The van der Waals surface area contributed by atoms with Gasteiger partial charge in [0.2, 0.25) is 0 Å². The molecule has 100 valence electrons. The molecule has 1 aromatic heterocycles. The lowest BCUT2D eigenvalue weighted by atomic mass is 10.1. The molecule has 0 unspecified atom stereocenters. The molecule has 19 heavy (non-hydrogen) atoms. The van der Waals surface area contributed by atoms with Crippen LogP contribution in [0.25, 0.3) is 10.9 Å². The molecule has 0 aliphatic carbocycles. The van der Waals surface area contributed by atoms with Crippen LogP contribution in [-0.2, 0) is 0 Å². The highest BCUT2D eigenvalue weighted by Gasteiger charge is 2.34. The maximum atomic E-state index is 13.2. The maximum absolute atomic E-state index is 13.2. The van der Waals surface area contributed by atoms with E-state index in [4.69, 9.17) is 0 Å². The number of benzene rings is 1. The summed E-state index contributed by atoms with van der Waals surface area (Å²) in [7, 11) is 0. The molecular formula is C15H16F2N2. The Kier molecular flexibility index (Phi) is 2.88. The number of anilines is 1. The minimum absolute atomic E-state index is 0.0706. The molecule has 1 aliphatic rings. The number of piperidine rings is 1. The van der Waals surface area contributed by atoms with E-state index in [2.05, 4.69) is 11.1 Å². The molecule has 4 heteroatoms. The van der Waals surface area contributed by atoms with Crippen molar-refractivity contribution in [1.29, 1.82) is 0 Å². The largest absolute Gasteiger partial charge is 0.370 e. The highest BCUT2D eigenvalue weighted by atomic mass is 19.3. The smallest absolute Gasteiger partial charge is 0.251 e. The number of aromatic nitrogens is 1. The van der Waals surface area contributed by atoms with Crippen LogP contribution in [0.5, 0.6) is 0 Å². The van der Waals surface area contributed by atoms with E-state index in [-0.39, 0.29) is 12.8 Å². The van der Waals surface area contributed by atoms with Gasteiger partial charge < -0.3 is 4.90 Å². The van der Waals surface area contributed by atoms with Crippen molar-refractivity contribution in [3.63, 3.8) is 0 Å². The number of nitrogens with zero attached hydrogens (tertiary/aromatic N) is 2. The number of rotatable bonds is 1. The monoisotopic (exact) mass is 262 g/mol. The molecule has 0 amide bonds. The number of hydrogen-bond acceptors (Lipinski definition) is 2. The summed E-state index contributed by atoms with van der Waals surface area (Å²) in [5, 5.41) is 1.06. The topological polar surface area (TPSA) is 16.1 Å². The first-order valence-corrected chi connectivity index (χ1v) is 6.53. The third-order valence-corrected chi connectivity index (χ3v) is 3.68. The Hall–Kier alpha value is -1.71. The van der Waals surface area contributed by atoms with Crippen LogP contribution in [-0.4, -0.2) is 24.0 Å². The van der Waals surface area contributed by atoms with Crippen LogP contribution in [0.2, 0.25) is 0 Å². The summed E-state index contributed by atoms with van der Waals surface area (Å²) in [6.45, 7) is 2.82. The molecule has 2 nitrogen and oxygen atoms in total. The molecule has 0 radical (unpaired) electrons. The summed E-state index contributed by atoms with van der Waals surface area (Å²) in [6, 6.07) is 8.12. The summed E-state index contributed by atoms with van der Waals surface area (Å²) in [4.78, 5) is 6.40. The number of aryl methyl sites for hydroxylation is 1. The Morgan fingerprint density at radius 1 is 1.16 bits per heavy atom. The molecular weight excluding hydrogens is 246 g/mol. The molecule has 0 bridgehead atoms. The Labute approximate surface area is 111 Å². The van der Waals surface area contributed by atoms with Crippen LogP contribution in [0.4, 0.5) is 14.5 Å². The van der Waals surface area contributed by atoms with Gasteiger partial charge in [-0.05, 0) is 25.1 Å². The van der Waals surface area contributed by atoms with Crippen molar-refractivity contribution in [2.24, 2.45) is 0 Å². The predicted molar refractivity (Wildman–Crippen MR) is 72.9 cm³/mol. The molecule has 0 atom stereocenters. The standard InChI is InChI=1S/C15H16F2N2/c1-11-2-3-14-12(8-11)9-13(10-18-14)19-6-4-15(16,17)5-7-19/h2-3,8-10H,4-7H2,1H3.